The molecule has 1 aliphatic rings. The molecular formula is C12H18INO3. The largest absolute Gasteiger partial charge is 0.500 e. The number of hydrogen-bond donors (Lipinski definition) is 0. The summed E-state index contributed by atoms with van der Waals surface area (Å²) in [5, 5.41) is 0. The summed E-state index contributed by atoms with van der Waals surface area (Å²) in [6.45, 7) is 0. The van der Waals surface area contributed by atoms with Crippen LogP contribution in [0.15, 0.2) is 24.0 Å². The third-order valence-electron chi connectivity index (χ3n) is 2.34. The summed E-state index contributed by atoms with van der Waals surface area (Å²) in [6, 6.07) is 0. The van der Waals surface area contributed by atoms with Crippen molar-refractivity contribution in [3.63, 3.8) is 0 Å². The molecule has 0 aromatic carbocycles. The average Bonchev–Trinajstić information content (AvgIpc) is 2.35. The van der Waals surface area contributed by atoms with Crippen molar-refractivity contribution in [2.45, 2.75) is 0 Å². The van der Waals surface area contributed by atoms with Crippen LogP contribution in [-0.4, -0.2) is 47.2 Å². The lowest BCUT2D eigenvalue weighted by Gasteiger charge is -2.19. The molecule has 1 atom stereocenters. The molecule has 4 nitrogen and oxygen atoms in total. The highest BCUT2D eigenvalue weighted by atomic mass is 127. The summed E-state index contributed by atoms with van der Waals surface area (Å²) >= 11 is -0.111. The van der Waals surface area contributed by atoms with Gasteiger partial charge in [0.15, 0.2) is 0 Å². The Morgan fingerprint density at radius 1 is 1.47 bits per heavy atom. The third-order valence-corrected chi connectivity index (χ3v) is 5.23. The average molecular weight is 351 g/mol. The molecule has 1 rings (SSSR count). The van der Waals surface area contributed by atoms with Crippen LogP contribution in [0, 0.1) is 5.92 Å². The molecule has 0 spiro atoms. The van der Waals surface area contributed by atoms with Gasteiger partial charge in [0, 0.05) is 37.6 Å². The SMILES string of the molecule is COC1=CC(OC)=ICC1C=CC(=O)N(C)C. The number of hydrogen-bond acceptors (Lipinski definition) is 3. The van der Waals surface area contributed by atoms with Gasteiger partial charge in [-0.15, -0.1) is 0 Å². The van der Waals surface area contributed by atoms with Gasteiger partial charge in [0.2, 0.25) is 5.91 Å². The molecule has 1 unspecified atom stereocenters. The lowest BCUT2D eigenvalue weighted by Crippen LogP contribution is -2.20. The van der Waals surface area contributed by atoms with Gasteiger partial charge in [-0.3, -0.25) is 4.79 Å². The molecule has 0 N–H and O–H groups in total. The van der Waals surface area contributed by atoms with E-state index in [0.717, 1.165) is 13.9 Å². The second kappa shape index (κ2) is 6.90. The number of allylic oxidation sites excluding steroid dienone is 1. The van der Waals surface area contributed by atoms with Crippen molar-refractivity contribution in [3.05, 3.63) is 24.0 Å². The second-order valence-electron chi connectivity index (χ2n) is 3.75. The van der Waals surface area contributed by atoms with E-state index in [0.29, 0.717) is 0 Å². The Bertz CT molecular complexity index is 372. The third kappa shape index (κ3) is 4.23. The monoisotopic (exact) mass is 351 g/mol. The maximum atomic E-state index is 11.5. The van der Waals surface area contributed by atoms with Crippen LogP contribution in [-0.2, 0) is 14.3 Å². The van der Waals surface area contributed by atoms with Crippen molar-refractivity contribution in [2.75, 3.05) is 32.7 Å². The van der Waals surface area contributed by atoms with Crippen molar-refractivity contribution in [1.29, 1.82) is 0 Å². The van der Waals surface area contributed by atoms with Crippen LogP contribution in [0.5, 0.6) is 0 Å². The van der Waals surface area contributed by atoms with Crippen LogP contribution in [0.2, 0.25) is 0 Å². The molecule has 1 aliphatic heterocycles. The van der Waals surface area contributed by atoms with E-state index < -0.39 is 0 Å². The first-order valence-corrected chi connectivity index (χ1v) is 7.84. The molecule has 0 radical (unpaired) electrons. The van der Waals surface area contributed by atoms with Gasteiger partial charge in [-0.1, -0.05) is 26.8 Å². The lowest BCUT2D eigenvalue weighted by atomic mass is 10.1. The minimum absolute atomic E-state index is 0.000158. The van der Waals surface area contributed by atoms with Gasteiger partial charge in [0.25, 0.3) is 0 Å². The number of rotatable bonds is 4. The molecule has 0 saturated carbocycles. The number of likely N-dealkylation sites (N-methyl/N-ethyl adjacent to an activating group) is 1. The van der Waals surface area contributed by atoms with Crippen molar-refractivity contribution in [1.82, 2.24) is 4.90 Å². The molecule has 0 aromatic heterocycles. The van der Waals surface area contributed by atoms with E-state index in [9.17, 15) is 4.79 Å². The fraction of sp³-hybridized carbons (Fsp3) is 0.500. The maximum absolute atomic E-state index is 11.5. The second-order valence-corrected chi connectivity index (χ2v) is 6.45. The van der Waals surface area contributed by atoms with Gasteiger partial charge in [-0.05, 0) is 6.08 Å². The zero-order valence-corrected chi connectivity index (χ0v) is 12.7. The summed E-state index contributed by atoms with van der Waals surface area (Å²) in [6.07, 6.45) is 5.48. The smallest absolute Gasteiger partial charge is 0.245 e. The number of carbonyl (C=O) groups excluding carboxylic acids is 1. The summed E-state index contributed by atoms with van der Waals surface area (Å²) in [5.41, 5.74) is 0. The number of amides is 1. The van der Waals surface area contributed by atoms with Gasteiger partial charge < -0.3 is 14.4 Å². The van der Waals surface area contributed by atoms with E-state index in [1.165, 1.54) is 0 Å². The van der Waals surface area contributed by atoms with Crippen molar-refractivity contribution in [2.24, 2.45) is 5.92 Å². The highest BCUT2D eigenvalue weighted by Gasteiger charge is 2.17. The standard InChI is InChI=1S/C12H18INO3/c1-14(2)12(15)6-5-9-8-13-11(17-4)7-10(9)16-3/h5-7,9H,8H2,1-4H3. The highest BCUT2D eigenvalue weighted by molar-refractivity contribution is 14.2. The van der Waals surface area contributed by atoms with Crippen LogP contribution in [0.25, 0.3) is 0 Å². The lowest BCUT2D eigenvalue weighted by molar-refractivity contribution is -0.123. The van der Waals surface area contributed by atoms with Crippen LogP contribution < -0.4 is 0 Å². The quantitative estimate of drug-likeness (QED) is 0.438. The predicted molar refractivity (Wildman–Crippen MR) is 77.3 cm³/mol. The van der Waals surface area contributed by atoms with Crippen molar-refractivity contribution < 1.29 is 14.3 Å². The molecule has 17 heavy (non-hydrogen) atoms. The molecule has 1 amide bonds. The molecule has 0 fully saturated rings. The molecule has 0 bridgehead atoms. The number of methoxy groups -OCH3 is 2. The number of carbonyl (C=O) groups is 1. The predicted octanol–water partition coefficient (Wildman–Crippen LogP) is 1.54. The first kappa shape index (κ1) is 14.4. The summed E-state index contributed by atoms with van der Waals surface area (Å²) in [4.78, 5) is 13.0. The number of nitrogens with zero attached hydrogens (tertiary/aromatic N) is 1. The summed E-state index contributed by atoms with van der Waals surface area (Å²) in [5.74, 6) is 1.08. The van der Waals surface area contributed by atoms with Crippen LogP contribution in [0.4, 0.5) is 0 Å². The summed E-state index contributed by atoms with van der Waals surface area (Å²) < 4.78 is 12.6. The Hall–Kier alpha value is -0.690. The van der Waals surface area contributed by atoms with E-state index in [2.05, 4.69) is 0 Å². The Kier molecular flexibility index (Phi) is 5.84. The maximum Gasteiger partial charge on any atom is 0.245 e. The van der Waals surface area contributed by atoms with Gasteiger partial charge in [-0.2, -0.15) is 0 Å². The van der Waals surface area contributed by atoms with Gasteiger partial charge in [0.1, 0.15) is 9.45 Å². The molecular weight excluding hydrogens is 333 g/mol. The molecule has 0 aliphatic carbocycles. The highest BCUT2D eigenvalue weighted by Crippen LogP contribution is 2.25. The number of alkyl halides is 1. The van der Waals surface area contributed by atoms with E-state index in [-0.39, 0.29) is 32.6 Å². The zero-order chi connectivity index (χ0) is 12.8. The Morgan fingerprint density at radius 3 is 2.71 bits per heavy atom. The number of ether oxygens (including phenoxy) is 2. The van der Waals surface area contributed by atoms with Crippen molar-refractivity contribution >= 4 is 30.3 Å². The van der Waals surface area contributed by atoms with E-state index >= 15 is 0 Å². The molecule has 0 saturated heterocycles. The van der Waals surface area contributed by atoms with Crippen LogP contribution >= 0.6 is 20.7 Å². The molecule has 96 valence electrons. The van der Waals surface area contributed by atoms with Gasteiger partial charge >= 0.3 is 0 Å². The van der Waals surface area contributed by atoms with Crippen LogP contribution in [0.3, 0.4) is 0 Å². The molecule has 1 heterocycles. The normalized spacial score (nSPS) is 20.4. The Morgan fingerprint density at radius 2 is 2.18 bits per heavy atom. The number of halogens is 1. The Labute approximate surface area is 112 Å². The molecule has 5 heteroatoms. The fourth-order valence-corrected chi connectivity index (χ4v) is 3.78. The van der Waals surface area contributed by atoms with Gasteiger partial charge in [-0.25, -0.2) is 0 Å². The van der Waals surface area contributed by atoms with E-state index in [4.69, 9.17) is 9.47 Å². The van der Waals surface area contributed by atoms with Gasteiger partial charge in [0.05, 0.1) is 7.11 Å². The summed E-state index contributed by atoms with van der Waals surface area (Å²) in [7, 11) is 6.82. The minimum Gasteiger partial charge on any atom is -0.500 e. The van der Waals surface area contributed by atoms with E-state index in [1.54, 1.807) is 39.3 Å². The van der Waals surface area contributed by atoms with E-state index in [1.807, 2.05) is 12.2 Å². The molecule has 0 aromatic rings. The fourth-order valence-electron chi connectivity index (χ4n) is 1.31. The zero-order valence-electron chi connectivity index (χ0n) is 10.6. The topological polar surface area (TPSA) is 38.8 Å². The van der Waals surface area contributed by atoms with Crippen LogP contribution in [0.1, 0.15) is 0 Å². The first-order valence-electron chi connectivity index (χ1n) is 5.23. The minimum atomic E-state index is -0.111. The van der Waals surface area contributed by atoms with Crippen molar-refractivity contribution in [3.8, 4) is 0 Å². The first-order chi connectivity index (χ1) is 8.08. The Balaban J connectivity index is 2.71.